The maximum Gasteiger partial charge on any atom is 0.168 e. The Labute approximate surface area is 101 Å². The third-order valence-corrected chi connectivity index (χ3v) is 2.47. The molecule has 4 heteroatoms. The van der Waals surface area contributed by atoms with Crippen molar-refractivity contribution in [1.82, 2.24) is 0 Å². The van der Waals surface area contributed by atoms with Crippen molar-refractivity contribution in [2.45, 2.75) is 12.8 Å². The largest absolute Gasteiger partial charge is 0.491 e. The highest BCUT2D eigenvalue weighted by Gasteiger charge is 2.17. The predicted octanol–water partition coefficient (Wildman–Crippen LogP) is 2.61. The zero-order chi connectivity index (χ0) is 11.9. The second-order valence-electron chi connectivity index (χ2n) is 3.63. The predicted molar refractivity (Wildman–Crippen MR) is 62.6 cm³/mol. The van der Waals surface area contributed by atoms with Gasteiger partial charge in [0.1, 0.15) is 31.2 Å². The van der Waals surface area contributed by atoms with Gasteiger partial charge >= 0.3 is 0 Å². The molecule has 0 amide bonds. The molecule has 4 nitrogen and oxygen atoms in total. The Hall–Kier alpha value is -1.68. The van der Waals surface area contributed by atoms with Gasteiger partial charge in [0.05, 0.1) is 6.61 Å². The van der Waals surface area contributed by atoms with E-state index in [4.69, 9.17) is 18.9 Å². The minimum atomic E-state index is 0.531. The maximum absolute atomic E-state index is 5.66. The number of allylic oxidation sites excluding steroid dienone is 3. The Balaban J connectivity index is 2.08. The van der Waals surface area contributed by atoms with Gasteiger partial charge in [-0.05, 0) is 18.9 Å². The van der Waals surface area contributed by atoms with E-state index in [0.717, 1.165) is 24.2 Å². The van der Waals surface area contributed by atoms with Crippen LogP contribution < -0.4 is 0 Å². The lowest BCUT2D eigenvalue weighted by atomic mass is 10.0. The molecule has 0 aromatic carbocycles. The number of ether oxygens (including phenoxy) is 4. The SMILES string of the molecule is COCCOC1=C(C2=COC=CO2)CCC=C1. The van der Waals surface area contributed by atoms with Crippen molar-refractivity contribution in [3.8, 4) is 0 Å². The molecule has 1 aliphatic carbocycles. The minimum Gasteiger partial charge on any atom is -0.491 e. The van der Waals surface area contributed by atoms with Gasteiger partial charge in [0.2, 0.25) is 0 Å². The van der Waals surface area contributed by atoms with Gasteiger partial charge in [0.15, 0.2) is 5.76 Å². The summed E-state index contributed by atoms with van der Waals surface area (Å²) in [5, 5.41) is 0. The molecule has 0 spiro atoms. The topological polar surface area (TPSA) is 36.9 Å². The van der Waals surface area contributed by atoms with Crippen molar-refractivity contribution >= 4 is 0 Å². The van der Waals surface area contributed by atoms with Crippen LogP contribution in [0, 0.1) is 0 Å². The first-order chi connectivity index (χ1) is 8.42. The summed E-state index contributed by atoms with van der Waals surface area (Å²) in [6.07, 6.45) is 10.5. The molecule has 0 bridgehead atoms. The minimum absolute atomic E-state index is 0.531. The van der Waals surface area contributed by atoms with E-state index in [-0.39, 0.29) is 0 Å². The van der Waals surface area contributed by atoms with Crippen molar-refractivity contribution < 1.29 is 18.9 Å². The van der Waals surface area contributed by atoms with Crippen molar-refractivity contribution in [3.63, 3.8) is 0 Å². The zero-order valence-electron chi connectivity index (χ0n) is 9.85. The van der Waals surface area contributed by atoms with Gasteiger partial charge in [-0.3, -0.25) is 0 Å². The Bertz CT molecular complexity index is 377. The summed E-state index contributed by atoms with van der Waals surface area (Å²) in [5.41, 5.74) is 1.04. The molecule has 1 heterocycles. The fourth-order valence-electron chi connectivity index (χ4n) is 1.66. The second-order valence-corrected chi connectivity index (χ2v) is 3.63. The molecule has 0 saturated carbocycles. The summed E-state index contributed by atoms with van der Waals surface area (Å²) in [6, 6.07) is 0. The van der Waals surface area contributed by atoms with Crippen molar-refractivity contribution in [3.05, 3.63) is 48.0 Å². The van der Waals surface area contributed by atoms with Gasteiger partial charge < -0.3 is 18.9 Å². The second kappa shape index (κ2) is 6.15. The average Bonchev–Trinajstić information content (AvgIpc) is 2.41. The van der Waals surface area contributed by atoms with Crippen LogP contribution in [0.3, 0.4) is 0 Å². The number of hydrogen-bond donors (Lipinski definition) is 0. The van der Waals surface area contributed by atoms with Crippen LogP contribution in [0.15, 0.2) is 48.0 Å². The molecule has 2 rings (SSSR count). The summed E-state index contributed by atoms with van der Waals surface area (Å²) >= 11 is 0. The van der Waals surface area contributed by atoms with Crippen molar-refractivity contribution in [1.29, 1.82) is 0 Å². The highest BCUT2D eigenvalue weighted by atomic mass is 16.5. The van der Waals surface area contributed by atoms with E-state index in [0.29, 0.717) is 19.0 Å². The molecule has 0 N–H and O–H groups in total. The lowest BCUT2D eigenvalue weighted by molar-refractivity contribution is 0.112. The number of methoxy groups -OCH3 is 1. The van der Waals surface area contributed by atoms with E-state index in [1.165, 1.54) is 12.5 Å². The van der Waals surface area contributed by atoms with Crippen LogP contribution in [-0.2, 0) is 18.9 Å². The molecule has 1 aliphatic heterocycles. The fourth-order valence-corrected chi connectivity index (χ4v) is 1.66. The van der Waals surface area contributed by atoms with Crippen LogP contribution in [0.25, 0.3) is 0 Å². The van der Waals surface area contributed by atoms with Crippen molar-refractivity contribution in [2.24, 2.45) is 0 Å². The van der Waals surface area contributed by atoms with E-state index in [1.807, 2.05) is 6.08 Å². The highest BCUT2D eigenvalue weighted by Crippen LogP contribution is 2.28. The van der Waals surface area contributed by atoms with E-state index in [2.05, 4.69) is 6.08 Å². The molecule has 0 radical (unpaired) electrons. The van der Waals surface area contributed by atoms with E-state index in [1.54, 1.807) is 13.4 Å². The van der Waals surface area contributed by atoms with Crippen LogP contribution in [0.5, 0.6) is 0 Å². The Morgan fingerprint density at radius 3 is 3.00 bits per heavy atom. The number of hydrogen-bond acceptors (Lipinski definition) is 4. The molecule has 2 aliphatic rings. The third kappa shape index (κ3) is 3.14. The molecule has 0 aromatic rings. The Morgan fingerprint density at radius 1 is 1.29 bits per heavy atom. The monoisotopic (exact) mass is 236 g/mol. The lowest BCUT2D eigenvalue weighted by Crippen LogP contribution is -2.08. The fraction of sp³-hybridized carbons (Fsp3) is 0.385. The smallest absolute Gasteiger partial charge is 0.168 e. The summed E-state index contributed by atoms with van der Waals surface area (Å²) < 4.78 is 21.1. The number of rotatable bonds is 5. The quantitative estimate of drug-likeness (QED) is 0.687. The molecular weight excluding hydrogens is 220 g/mol. The van der Waals surface area contributed by atoms with Gasteiger partial charge in [-0.2, -0.15) is 0 Å². The molecular formula is C13H16O4. The first kappa shape index (κ1) is 11.8. The molecule has 0 aromatic heterocycles. The van der Waals surface area contributed by atoms with Crippen LogP contribution in [0.4, 0.5) is 0 Å². The van der Waals surface area contributed by atoms with Gasteiger partial charge in [-0.15, -0.1) is 0 Å². The first-order valence-electron chi connectivity index (χ1n) is 5.61. The van der Waals surface area contributed by atoms with Crippen LogP contribution in [0.1, 0.15) is 12.8 Å². The highest BCUT2D eigenvalue weighted by molar-refractivity contribution is 5.36. The van der Waals surface area contributed by atoms with Crippen LogP contribution in [0.2, 0.25) is 0 Å². The lowest BCUT2D eigenvalue weighted by Gasteiger charge is -2.19. The molecule has 0 saturated heterocycles. The first-order valence-corrected chi connectivity index (χ1v) is 5.61. The zero-order valence-corrected chi connectivity index (χ0v) is 9.85. The van der Waals surface area contributed by atoms with E-state index in [9.17, 15) is 0 Å². The Kier molecular flexibility index (Phi) is 4.27. The average molecular weight is 236 g/mol. The summed E-state index contributed by atoms with van der Waals surface area (Å²) in [6.45, 7) is 1.10. The third-order valence-electron chi connectivity index (χ3n) is 2.47. The van der Waals surface area contributed by atoms with E-state index < -0.39 is 0 Å². The maximum atomic E-state index is 5.66. The van der Waals surface area contributed by atoms with Gasteiger partial charge in [-0.1, -0.05) is 6.08 Å². The van der Waals surface area contributed by atoms with Crippen molar-refractivity contribution in [2.75, 3.05) is 20.3 Å². The molecule has 92 valence electrons. The van der Waals surface area contributed by atoms with Gasteiger partial charge in [-0.25, -0.2) is 0 Å². The van der Waals surface area contributed by atoms with Crippen LogP contribution >= 0.6 is 0 Å². The van der Waals surface area contributed by atoms with Gasteiger partial charge in [0.25, 0.3) is 0 Å². The Morgan fingerprint density at radius 2 is 2.24 bits per heavy atom. The standard InChI is InChI=1S/C13H16O4/c1-14-6-8-16-12-5-3-2-4-11(12)13-10-15-7-9-17-13/h3,5,7,9-10H,2,4,6,8H2,1H3. The molecule has 0 fully saturated rings. The van der Waals surface area contributed by atoms with E-state index >= 15 is 0 Å². The van der Waals surface area contributed by atoms with Crippen LogP contribution in [-0.4, -0.2) is 20.3 Å². The summed E-state index contributed by atoms with van der Waals surface area (Å²) in [7, 11) is 1.65. The summed E-state index contributed by atoms with van der Waals surface area (Å²) in [4.78, 5) is 0. The summed E-state index contributed by atoms with van der Waals surface area (Å²) in [5.74, 6) is 1.54. The molecule has 17 heavy (non-hydrogen) atoms. The van der Waals surface area contributed by atoms with Gasteiger partial charge in [0, 0.05) is 12.7 Å². The molecule has 0 unspecified atom stereocenters. The normalized spacial score (nSPS) is 18.5. The molecule has 0 atom stereocenters.